The van der Waals surface area contributed by atoms with Crippen LogP contribution in [0.25, 0.3) is 11.3 Å². The van der Waals surface area contributed by atoms with Crippen molar-refractivity contribution in [1.82, 2.24) is 24.5 Å². The van der Waals surface area contributed by atoms with Crippen LogP contribution in [0.4, 0.5) is 0 Å². The van der Waals surface area contributed by atoms with Gasteiger partial charge in [0.15, 0.2) is 0 Å². The van der Waals surface area contributed by atoms with Gasteiger partial charge in [0.25, 0.3) is 5.91 Å². The number of carbonyl (C=O) groups is 2. The molecule has 1 saturated heterocycles. The van der Waals surface area contributed by atoms with Gasteiger partial charge in [0.05, 0.1) is 25.8 Å². The predicted molar refractivity (Wildman–Crippen MR) is 131 cm³/mol. The number of nitrogens with zero attached hydrogens (tertiary/aromatic N) is 5. The van der Waals surface area contributed by atoms with E-state index in [0.29, 0.717) is 30.9 Å². The highest BCUT2D eigenvalue weighted by Crippen LogP contribution is 2.26. The van der Waals surface area contributed by atoms with Crippen LogP contribution in [0.1, 0.15) is 15.9 Å². The minimum atomic E-state index is -0.229. The van der Waals surface area contributed by atoms with Gasteiger partial charge < -0.3 is 19.4 Å². The lowest BCUT2D eigenvalue weighted by Gasteiger charge is -2.33. The van der Waals surface area contributed by atoms with E-state index in [1.807, 2.05) is 66.5 Å². The fourth-order valence-electron chi connectivity index (χ4n) is 4.03. The number of hydrogen-bond donors (Lipinski definition) is 0. The van der Waals surface area contributed by atoms with E-state index in [1.54, 1.807) is 25.0 Å². The molecule has 2 aromatic carbocycles. The molecule has 4 rings (SSSR count). The zero-order chi connectivity index (χ0) is 24.1. The molecule has 1 fully saturated rings. The van der Waals surface area contributed by atoms with Crippen LogP contribution < -0.4 is 4.74 Å². The highest BCUT2D eigenvalue weighted by atomic mass is 16.5. The Hall–Kier alpha value is -3.65. The van der Waals surface area contributed by atoms with Crippen LogP contribution in [0.15, 0.2) is 60.8 Å². The second-order valence-corrected chi connectivity index (χ2v) is 8.65. The van der Waals surface area contributed by atoms with Gasteiger partial charge in [-0.25, -0.2) is 0 Å². The Bertz CT molecular complexity index is 1120. The summed E-state index contributed by atoms with van der Waals surface area (Å²) in [6, 6.07) is 17.5. The molecule has 0 spiro atoms. The lowest BCUT2D eigenvalue weighted by Crippen LogP contribution is -2.50. The maximum Gasteiger partial charge on any atom is 0.257 e. The Morgan fingerprint density at radius 1 is 1.00 bits per heavy atom. The highest BCUT2D eigenvalue weighted by Gasteiger charge is 2.25. The van der Waals surface area contributed by atoms with Crippen LogP contribution in [-0.2, 0) is 11.3 Å². The van der Waals surface area contributed by atoms with Gasteiger partial charge in [-0.3, -0.25) is 14.3 Å². The van der Waals surface area contributed by atoms with E-state index in [1.165, 1.54) is 4.90 Å². The van der Waals surface area contributed by atoms with Gasteiger partial charge in [-0.1, -0.05) is 30.3 Å². The maximum absolute atomic E-state index is 13.5. The molecule has 3 aromatic rings. The number of likely N-dealkylation sites (N-methyl/N-ethyl adjacent to an activating group) is 2. The summed E-state index contributed by atoms with van der Waals surface area (Å²) in [6.07, 6.45) is 1.77. The van der Waals surface area contributed by atoms with Crippen molar-refractivity contribution in [2.24, 2.45) is 0 Å². The first-order valence-corrected chi connectivity index (χ1v) is 11.4. The number of piperazine rings is 1. The van der Waals surface area contributed by atoms with Crippen molar-refractivity contribution in [3.8, 4) is 17.0 Å². The molecule has 1 aliphatic rings. The quantitative estimate of drug-likeness (QED) is 0.541. The molecule has 0 aliphatic carbocycles. The van der Waals surface area contributed by atoms with Gasteiger partial charge in [-0.15, -0.1) is 0 Å². The van der Waals surface area contributed by atoms with Gasteiger partial charge in [0, 0.05) is 45.0 Å². The van der Waals surface area contributed by atoms with E-state index in [9.17, 15) is 9.59 Å². The third-order valence-corrected chi connectivity index (χ3v) is 6.12. The number of benzene rings is 2. The third kappa shape index (κ3) is 5.46. The lowest BCUT2D eigenvalue weighted by atomic mass is 10.1. The van der Waals surface area contributed by atoms with Gasteiger partial charge in [-0.2, -0.15) is 5.10 Å². The van der Waals surface area contributed by atoms with Crippen molar-refractivity contribution in [2.75, 3.05) is 53.9 Å². The molecule has 8 nitrogen and oxygen atoms in total. The molecule has 8 heteroatoms. The molecule has 178 valence electrons. The minimum Gasteiger partial charge on any atom is -0.497 e. The number of amides is 2. The summed E-state index contributed by atoms with van der Waals surface area (Å²) >= 11 is 0. The summed E-state index contributed by atoms with van der Waals surface area (Å²) in [5.41, 5.74) is 2.95. The molecule has 1 aromatic heterocycles. The van der Waals surface area contributed by atoms with Crippen LogP contribution >= 0.6 is 0 Å². The molecule has 1 aliphatic heterocycles. The second kappa shape index (κ2) is 10.5. The SMILES string of the molecule is COc1ccc(-c2nn(Cc3ccccc3)cc2C(=O)N(C)CC(=O)N2CCN(C)CC2)cc1. The maximum atomic E-state index is 13.5. The first kappa shape index (κ1) is 23.5. The summed E-state index contributed by atoms with van der Waals surface area (Å²) in [5, 5.41) is 4.74. The molecule has 0 unspecified atom stereocenters. The van der Waals surface area contributed by atoms with Crippen molar-refractivity contribution >= 4 is 11.8 Å². The minimum absolute atomic E-state index is 0.0355. The van der Waals surface area contributed by atoms with Crippen LogP contribution in [0.3, 0.4) is 0 Å². The van der Waals surface area contributed by atoms with Gasteiger partial charge in [0.2, 0.25) is 5.91 Å². The smallest absolute Gasteiger partial charge is 0.257 e. The number of aromatic nitrogens is 2. The predicted octanol–water partition coefficient (Wildman–Crippen LogP) is 2.45. The van der Waals surface area contributed by atoms with Crippen LogP contribution in [0.2, 0.25) is 0 Å². The standard InChI is InChI=1S/C26H31N5O3/c1-28-13-15-30(16-14-28)24(32)19-29(2)26(33)23-18-31(17-20-7-5-4-6-8-20)27-25(23)21-9-11-22(34-3)12-10-21/h4-12,18H,13-17,19H2,1-3H3. The summed E-state index contributed by atoms with van der Waals surface area (Å²) in [5.74, 6) is 0.467. The summed E-state index contributed by atoms with van der Waals surface area (Å²) < 4.78 is 7.04. The number of carbonyl (C=O) groups excluding carboxylic acids is 2. The fourth-order valence-corrected chi connectivity index (χ4v) is 4.03. The zero-order valence-corrected chi connectivity index (χ0v) is 20.0. The van der Waals surface area contributed by atoms with Crippen LogP contribution in [-0.4, -0.2) is 90.2 Å². The Morgan fingerprint density at radius 3 is 2.32 bits per heavy atom. The molecule has 2 heterocycles. The second-order valence-electron chi connectivity index (χ2n) is 8.65. The summed E-state index contributed by atoms with van der Waals surface area (Å²) in [7, 11) is 5.33. The number of hydrogen-bond acceptors (Lipinski definition) is 5. The topological polar surface area (TPSA) is 70.9 Å². The van der Waals surface area contributed by atoms with Crippen LogP contribution in [0.5, 0.6) is 5.75 Å². The lowest BCUT2D eigenvalue weighted by molar-refractivity contribution is -0.133. The summed E-state index contributed by atoms with van der Waals surface area (Å²) in [4.78, 5) is 31.8. The third-order valence-electron chi connectivity index (χ3n) is 6.12. The van der Waals surface area contributed by atoms with Crippen molar-refractivity contribution in [3.63, 3.8) is 0 Å². The normalized spacial score (nSPS) is 14.1. The molecule has 0 N–H and O–H groups in total. The fraction of sp³-hybridized carbons (Fsp3) is 0.346. The van der Waals surface area contributed by atoms with E-state index in [-0.39, 0.29) is 18.4 Å². The molecule has 0 saturated carbocycles. The van der Waals surface area contributed by atoms with Gasteiger partial charge >= 0.3 is 0 Å². The van der Waals surface area contributed by atoms with E-state index in [0.717, 1.165) is 30.0 Å². The molecule has 0 atom stereocenters. The van der Waals surface area contributed by atoms with Gasteiger partial charge in [-0.05, 0) is 36.9 Å². The average molecular weight is 462 g/mol. The first-order chi connectivity index (χ1) is 16.4. The molecule has 0 radical (unpaired) electrons. The largest absolute Gasteiger partial charge is 0.497 e. The number of ether oxygens (including phenoxy) is 1. The average Bonchev–Trinajstić information content (AvgIpc) is 3.28. The van der Waals surface area contributed by atoms with Crippen molar-refractivity contribution < 1.29 is 14.3 Å². The summed E-state index contributed by atoms with van der Waals surface area (Å²) in [6.45, 7) is 3.64. The number of methoxy groups -OCH3 is 1. The van der Waals surface area contributed by atoms with E-state index >= 15 is 0 Å². The highest BCUT2D eigenvalue weighted by molar-refractivity contribution is 6.01. The molecular weight excluding hydrogens is 430 g/mol. The Kier molecular flexibility index (Phi) is 7.27. The van der Waals surface area contributed by atoms with Crippen molar-refractivity contribution in [1.29, 1.82) is 0 Å². The van der Waals surface area contributed by atoms with Gasteiger partial charge in [0.1, 0.15) is 11.4 Å². The monoisotopic (exact) mass is 461 g/mol. The number of rotatable bonds is 7. The Morgan fingerprint density at radius 2 is 1.68 bits per heavy atom. The Balaban J connectivity index is 1.57. The Labute approximate surface area is 200 Å². The van der Waals surface area contributed by atoms with Crippen molar-refractivity contribution in [3.05, 3.63) is 71.9 Å². The van der Waals surface area contributed by atoms with Crippen LogP contribution in [0, 0.1) is 0 Å². The zero-order valence-electron chi connectivity index (χ0n) is 20.0. The van der Waals surface area contributed by atoms with E-state index in [4.69, 9.17) is 9.84 Å². The first-order valence-electron chi connectivity index (χ1n) is 11.4. The molecule has 34 heavy (non-hydrogen) atoms. The molecular formula is C26H31N5O3. The van der Waals surface area contributed by atoms with E-state index < -0.39 is 0 Å². The van der Waals surface area contributed by atoms with Crippen molar-refractivity contribution in [2.45, 2.75) is 6.54 Å². The van der Waals surface area contributed by atoms with E-state index in [2.05, 4.69) is 4.90 Å². The molecule has 0 bridgehead atoms. The molecule has 2 amide bonds.